The molecule has 0 aliphatic heterocycles. The molecule has 3 N–H and O–H groups in total. The predicted molar refractivity (Wildman–Crippen MR) is 110 cm³/mol. The first-order valence-corrected chi connectivity index (χ1v) is 15.2. The van der Waals surface area contributed by atoms with Crippen LogP contribution < -0.4 is 10.6 Å². The molecule has 5 unspecified atom stereocenters. The average Bonchev–Trinajstić information content (AvgIpc) is 2.54. The van der Waals surface area contributed by atoms with Crippen LogP contribution in [-0.2, 0) is 18.7 Å². The normalized spacial score (nSPS) is 18.4. The Morgan fingerprint density at radius 2 is 1.70 bits per heavy atom. The molecular formula is C13H27I2N2O5P. The van der Waals surface area contributed by atoms with Crippen molar-refractivity contribution < 1.29 is 23.8 Å². The Labute approximate surface area is 161 Å². The molecule has 7 nitrogen and oxygen atoms in total. The SMILES string of the molecule is CNC(C)P(=O)(CC(C)C(=O)NC(C)C(C)C(=O)O)OC.II. The van der Waals surface area contributed by atoms with Crippen LogP contribution in [0.1, 0.15) is 27.7 Å². The molecule has 0 aromatic heterocycles. The van der Waals surface area contributed by atoms with Gasteiger partial charge in [0.05, 0.1) is 11.7 Å². The molecule has 23 heavy (non-hydrogen) atoms. The Balaban J connectivity index is 0. The first kappa shape index (κ1) is 25.8. The van der Waals surface area contributed by atoms with Gasteiger partial charge in [-0.25, -0.2) is 0 Å². The first-order chi connectivity index (χ1) is 10.6. The largest absolute Gasteiger partial charge is 0.481 e. The average molecular weight is 576 g/mol. The second-order valence-corrected chi connectivity index (χ2v) is 8.34. The van der Waals surface area contributed by atoms with E-state index in [2.05, 4.69) is 47.9 Å². The van der Waals surface area contributed by atoms with E-state index in [0.717, 1.165) is 0 Å². The standard InChI is InChI=1S/C13H27N2O5P.I2/c1-8(7-21(19,20-6)11(4)14-5)12(16)15-10(3)9(2)13(17)18;1-2/h8-11,14H,7H2,1-6H3,(H,15,16)(H,17,18);. The van der Waals surface area contributed by atoms with Gasteiger partial charge in [0.25, 0.3) is 0 Å². The van der Waals surface area contributed by atoms with Gasteiger partial charge in [-0.1, -0.05) is 6.92 Å². The molecule has 0 aliphatic rings. The Bertz CT molecular complexity index is 425. The van der Waals surface area contributed by atoms with Crippen molar-refractivity contribution in [1.82, 2.24) is 10.6 Å². The maximum Gasteiger partial charge on any atom is 0.308 e. The third-order valence-electron chi connectivity index (χ3n) is 3.80. The summed E-state index contributed by atoms with van der Waals surface area (Å²) >= 11 is 4.24. The molecule has 1 amide bonds. The number of carbonyl (C=O) groups excluding carboxylic acids is 1. The van der Waals surface area contributed by atoms with Crippen LogP contribution in [0.15, 0.2) is 0 Å². The summed E-state index contributed by atoms with van der Waals surface area (Å²) in [5.74, 6) is -2.87. The summed E-state index contributed by atoms with van der Waals surface area (Å²) in [4.78, 5) is 23.0. The summed E-state index contributed by atoms with van der Waals surface area (Å²) in [5.41, 5.74) is 0. The second-order valence-electron chi connectivity index (χ2n) is 5.38. The quantitative estimate of drug-likeness (QED) is 0.288. The first-order valence-electron chi connectivity index (χ1n) is 7.08. The van der Waals surface area contributed by atoms with Gasteiger partial charge >= 0.3 is 5.97 Å². The minimum Gasteiger partial charge on any atom is -0.481 e. The summed E-state index contributed by atoms with van der Waals surface area (Å²) in [6.45, 7) is 6.56. The third kappa shape index (κ3) is 8.99. The molecule has 0 aromatic carbocycles. The van der Waals surface area contributed by atoms with Gasteiger partial charge in [-0.3, -0.25) is 14.2 Å². The lowest BCUT2D eigenvalue weighted by molar-refractivity contribution is -0.142. The van der Waals surface area contributed by atoms with Crippen LogP contribution in [0, 0.1) is 11.8 Å². The molecule has 138 valence electrons. The van der Waals surface area contributed by atoms with Gasteiger partial charge in [-0.15, -0.1) is 0 Å². The number of carboxylic acids is 1. The number of carboxylic acid groups (broad SMARTS) is 1. The van der Waals surface area contributed by atoms with Crippen molar-refractivity contribution in [2.24, 2.45) is 11.8 Å². The van der Waals surface area contributed by atoms with Crippen molar-refractivity contribution >= 4 is 56.5 Å². The molecule has 0 aliphatic carbocycles. The topological polar surface area (TPSA) is 105 Å². The fourth-order valence-corrected chi connectivity index (χ4v) is 3.86. The molecule has 0 rings (SSSR count). The molecular weight excluding hydrogens is 549 g/mol. The fraction of sp³-hybridized carbons (Fsp3) is 0.846. The third-order valence-corrected chi connectivity index (χ3v) is 6.92. The van der Waals surface area contributed by atoms with Crippen LogP contribution >= 0.6 is 44.6 Å². The van der Waals surface area contributed by atoms with Gasteiger partial charge in [-0.2, -0.15) is 0 Å². The van der Waals surface area contributed by atoms with E-state index in [4.69, 9.17) is 9.63 Å². The van der Waals surface area contributed by atoms with Gasteiger partial charge < -0.3 is 20.3 Å². The van der Waals surface area contributed by atoms with Gasteiger partial charge in [0, 0.05) is 62.5 Å². The van der Waals surface area contributed by atoms with Gasteiger partial charge in [-0.05, 0) is 27.8 Å². The minimum absolute atomic E-state index is 0.103. The highest BCUT2D eigenvalue weighted by molar-refractivity contribution is 15.0. The van der Waals surface area contributed by atoms with Crippen LogP contribution in [0.4, 0.5) is 0 Å². The zero-order valence-corrected chi connectivity index (χ0v) is 19.5. The van der Waals surface area contributed by atoms with Crippen molar-refractivity contribution in [3.63, 3.8) is 0 Å². The van der Waals surface area contributed by atoms with Crippen molar-refractivity contribution in [2.45, 2.75) is 39.5 Å². The van der Waals surface area contributed by atoms with Gasteiger partial charge in [0.1, 0.15) is 0 Å². The highest BCUT2D eigenvalue weighted by atomic mass is 128. The molecule has 0 bridgehead atoms. The van der Waals surface area contributed by atoms with E-state index in [1.165, 1.54) is 14.0 Å². The highest BCUT2D eigenvalue weighted by Gasteiger charge is 2.33. The number of hydrogen-bond acceptors (Lipinski definition) is 5. The van der Waals surface area contributed by atoms with Crippen LogP contribution in [0.3, 0.4) is 0 Å². The van der Waals surface area contributed by atoms with Gasteiger partial charge in [0.2, 0.25) is 13.3 Å². The molecule has 0 saturated carbocycles. The molecule has 0 aromatic rings. The van der Waals surface area contributed by atoms with E-state index < -0.39 is 31.2 Å². The Morgan fingerprint density at radius 3 is 2.04 bits per heavy atom. The number of hydrogen-bond donors (Lipinski definition) is 3. The number of carbonyl (C=O) groups is 2. The number of amides is 1. The van der Waals surface area contributed by atoms with Crippen LogP contribution in [0.5, 0.6) is 0 Å². The number of aliphatic carboxylic acids is 1. The Kier molecular flexibility index (Phi) is 14.4. The van der Waals surface area contributed by atoms with E-state index in [1.807, 2.05) is 0 Å². The van der Waals surface area contributed by atoms with Crippen molar-refractivity contribution in [3.05, 3.63) is 0 Å². The van der Waals surface area contributed by atoms with E-state index in [1.54, 1.807) is 27.8 Å². The maximum absolute atomic E-state index is 12.6. The lowest BCUT2D eigenvalue weighted by Gasteiger charge is -2.26. The summed E-state index contributed by atoms with van der Waals surface area (Å²) in [6.07, 6.45) is 0.103. The zero-order chi connectivity index (χ0) is 18.8. The summed E-state index contributed by atoms with van der Waals surface area (Å²) in [6, 6.07) is -0.499. The molecule has 0 spiro atoms. The van der Waals surface area contributed by atoms with E-state index in [0.29, 0.717) is 0 Å². The second kappa shape index (κ2) is 12.8. The molecule has 0 heterocycles. The molecule has 0 fully saturated rings. The predicted octanol–water partition coefficient (Wildman–Crippen LogP) is 3.11. The highest BCUT2D eigenvalue weighted by Crippen LogP contribution is 2.51. The van der Waals surface area contributed by atoms with Crippen LogP contribution in [-0.4, -0.2) is 49.1 Å². The fourth-order valence-electron chi connectivity index (χ4n) is 1.76. The minimum atomic E-state index is -2.98. The van der Waals surface area contributed by atoms with Gasteiger partial charge in [0.15, 0.2) is 0 Å². The number of halogens is 2. The van der Waals surface area contributed by atoms with Crippen molar-refractivity contribution in [3.8, 4) is 0 Å². The Hall–Kier alpha value is 0.550. The lowest BCUT2D eigenvalue weighted by atomic mass is 10.0. The smallest absolute Gasteiger partial charge is 0.308 e. The Morgan fingerprint density at radius 1 is 1.22 bits per heavy atom. The van der Waals surface area contributed by atoms with E-state index in [9.17, 15) is 14.2 Å². The monoisotopic (exact) mass is 576 g/mol. The van der Waals surface area contributed by atoms with Crippen LogP contribution in [0.2, 0.25) is 0 Å². The molecule has 0 radical (unpaired) electrons. The zero-order valence-electron chi connectivity index (χ0n) is 14.3. The summed E-state index contributed by atoms with van der Waals surface area (Å²) in [7, 11) is 0.0719. The molecule has 10 heteroatoms. The van der Waals surface area contributed by atoms with E-state index >= 15 is 0 Å². The summed E-state index contributed by atoms with van der Waals surface area (Å²) < 4.78 is 17.7. The lowest BCUT2D eigenvalue weighted by Crippen LogP contribution is -2.43. The molecule has 0 saturated heterocycles. The van der Waals surface area contributed by atoms with E-state index in [-0.39, 0.29) is 17.9 Å². The van der Waals surface area contributed by atoms with Crippen molar-refractivity contribution in [2.75, 3.05) is 20.3 Å². The van der Waals surface area contributed by atoms with Crippen LogP contribution in [0.25, 0.3) is 0 Å². The van der Waals surface area contributed by atoms with Crippen molar-refractivity contribution in [1.29, 1.82) is 0 Å². The summed E-state index contributed by atoms with van der Waals surface area (Å²) in [5, 5.41) is 14.4. The maximum atomic E-state index is 12.6. The molecule has 5 atom stereocenters. The number of rotatable bonds is 9. The number of nitrogens with one attached hydrogen (secondary N) is 2.